The summed E-state index contributed by atoms with van der Waals surface area (Å²) in [5, 5.41) is 4.93. The Balaban J connectivity index is 1.57. The smallest absolute Gasteiger partial charge is 0.233 e. The summed E-state index contributed by atoms with van der Waals surface area (Å²) in [4.78, 5) is 41.4. The van der Waals surface area contributed by atoms with E-state index in [1.54, 1.807) is 11.6 Å². The first-order valence-corrected chi connectivity index (χ1v) is 7.74. The number of imide groups is 1. The van der Waals surface area contributed by atoms with Crippen LogP contribution in [0.3, 0.4) is 0 Å². The number of nitrogens with one attached hydrogen (secondary N) is 1. The Kier molecular flexibility index (Phi) is 3.83. The van der Waals surface area contributed by atoms with Crippen molar-refractivity contribution in [1.82, 2.24) is 9.88 Å². The number of carbonyl (C=O) groups excluding carboxylic acids is 3. The number of likely N-dealkylation sites (tertiary alicyclic amines) is 1. The third-order valence-electron chi connectivity index (χ3n) is 3.84. The van der Waals surface area contributed by atoms with E-state index >= 15 is 0 Å². The van der Waals surface area contributed by atoms with Gasteiger partial charge in [-0.05, 0) is 12.8 Å². The molecule has 2 aliphatic rings. The van der Waals surface area contributed by atoms with Crippen LogP contribution in [0.25, 0.3) is 0 Å². The second-order valence-electron chi connectivity index (χ2n) is 5.12. The number of allylic oxidation sites excluding steroid dienone is 2. The largest absolute Gasteiger partial charge is 0.302 e. The van der Waals surface area contributed by atoms with Crippen molar-refractivity contribution in [2.24, 2.45) is 11.8 Å². The maximum Gasteiger partial charge on any atom is 0.233 e. The molecule has 0 unspecified atom stereocenters. The van der Waals surface area contributed by atoms with Crippen LogP contribution in [-0.2, 0) is 14.4 Å². The van der Waals surface area contributed by atoms with Crippen LogP contribution in [0.15, 0.2) is 23.7 Å². The molecule has 21 heavy (non-hydrogen) atoms. The van der Waals surface area contributed by atoms with Crippen LogP contribution in [0.4, 0.5) is 5.13 Å². The quantitative estimate of drug-likeness (QED) is 0.674. The Morgan fingerprint density at radius 3 is 2.52 bits per heavy atom. The van der Waals surface area contributed by atoms with Crippen molar-refractivity contribution >= 4 is 34.2 Å². The van der Waals surface area contributed by atoms with E-state index in [0.29, 0.717) is 18.0 Å². The van der Waals surface area contributed by atoms with E-state index in [1.807, 2.05) is 12.2 Å². The molecule has 110 valence electrons. The molecule has 1 fully saturated rings. The van der Waals surface area contributed by atoms with Crippen molar-refractivity contribution < 1.29 is 14.4 Å². The van der Waals surface area contributed by atoms with Gasteiger partial charge < -0.3 is 5.32 Å². The molecule has 3 amide bonds. The lowest BCUT2D eigenvalue weighted by atomic mass is 9.85. The summed E-state index contributed by atoms with van der Waals surface area (Å²) >= 11 is 1.33. The Hall–Kier alpha value is -2.02. The van der Waals surface area contributed by atoms with Crippen LogP contribution < -0.4 is 5.32 Å². The van der Waals surface area contributed by atoms with Crippen LogP contribution in [0.5, 0.6) is 0 Å². The molecule has 1 saturated heterocycles. The molecule has 6 nitrogen and oxygen atoms in total. The Morgan fingerprint density at radius 2 is 1.95 bits per heavy atom. The summed E-state index contributed by atoms with van der Waals surface area (Å²) < 4.78 is 0. The lowest BCUT2D eigenvalue weighted by Gasteiger charge is -2.14. The van der Waals surface area contributed by atoms with Crippen molar-refractivity contribution in [1.29, 1.82) is 0 Å². The van der Waals surface area contributed by atoms with E-state index in [1.165, 1.54) is 16.2 Å². The molecule has 7 heteroatoms. The zero-order valence-corrected chi connectivity index (χ0v) is 12.1. The minimum Gasteiger partial charge on any atom is -0.302 e. The fourth-order valence-corrected chi connectivity index (χ4v) is 3.31. The molecule has 1 aromatic rings. The number of amides is 3. The molecule has 1 aliphatic carbocycles. The molecule has 0 radical (unpaired) electrons. The zero-order chi connectivity index (χ0) is 14.8. The Bertz CT molecular complexity index is 571. The van der Waals surface area contributed by atoms with Crippen molar-refractivity contribution in [3.8, 4) is 0 Å². The van der Waals surface area contributed by atoms with Crippen molar-refractivity contribution in [3.05, 3.63) is 23.7 Å². The van der Waals surface area contributed by atoms with Crippen LogP contribution >= 0.6 is 11.3 Å². The monoisotopic (exact) mass is 305 g/mol. The van der Waals surface area contributed by atoms with Crippen molar-refractivity contribution in [3.63, 3.8) is 0 Å². The molecule has 0 aromatic carbocycles. The van der Waals surface area contributed by atoms with Gasteiger partial charge in [0.1, 0.15) is 0 Å². The third-order valence-corrected chi connectivity index (χ3v) is 4.53. The van der Waals surface area contributed by atoms with Gasteiger partial charge >= 0.3 is 0 Å². The van der Waals surface area contributed by atoms with E-state index in [9.17, 15) is 14.4 Å². The van der Waals surface area contributed by atoms with E-state index in [2.05, 4.69) is 10.3 Å². The molecule has 2 heterocycles. The number of carbonyl (C=O) groups is 3. The number of anilines is 1. The first kappa shape index (κ1) is 13.9. The fourth-order valence-electron chi connectivity index (χ4n) is 2.77. The predicted octanol–water partition coefficient (Wildman–Crippen LogP) is 1.42. The van der Waals surface area contributed by atoms with Gasteiger partial charge in [-0.1, -0.05) is 12.2 Å². The van der Waals surface area contributed by atoms with Crippen molar-refractivity contribution in [2.45, 2.75) is 19.3 Å². The maximum absolute atomic E-state index is 12.2. The molecule has 0 bridgehead atoms. The third kappa shape index (κ3) is 2.73. The molecular weight excluding hydrogens is 290 g/mol. The number of nitrogens with zero attached hydrogens (tertiary/aromatic N) is 2. The molecule has 1 aromatic heterocycles. The molecule has 0 spiro atoms. The second-order valence-corrected chi connectivity index (χ2v) is 6.01. The minimum atomic E-state index is -0.237. The van der Waals surface area contributed by atoms with Gasteiger partial charge in [0.15, 0.2) is 5.13 Å². The molecular formula is C14H15N3O3S. The lowest BCUT2D eigenvalue weighted by Crippen LogP contribution is -2.34. The SMILES string of the molecule is O=C(CCN1C(=O)[C@H]2CC=CC[C@@H]2C1=O)Nc1nccs1. The van der Waals surface area contributed by atoms with E-state index in [0.717, 1.165) is 0 Å². The summed E-state index contributed by atoms with van der Waals surface area (Å²) in [5.41, 5.74) is 0. The average molecular weight is 305 g/mol. The highest BCUT2D eigenvalue weighted by Gasteiger charge is 2.46. The Labute approximate surface area is 125 Å². The van der Waals surface area contributed by atoms with E-state index in [-0.39, 0.29) is 42.5 Å². The van der Waals surface area contributed by atoms with Gasteiger partial charge in [-0.2, -0.15) is 0 Å². The standard InChI is InChI=1S/C14H15N3O3S/c18-11(16-14-15-6-8-21-14)5-7-17-12(19)9-3-1-2-4-10(9)13(17)20/h1-2,6,8-10H,3-5,7H2,(H,15,16,18)/t9-,10-/m0/s1. The normalized spacial score (nSPS) is 24.3. The van der Waals surface area contributed by atoms with E-state index < -0.39 is 0 Å². The topological polar surface area (TPSA) is 79.4 Å². The Morgan fingerprint density at radius 1 is 1.29 bits per heavy atom. The number of aromatic nitrogens is 1. The lowest BCUT2D eigenvalue weighted by molar-refractivity contribution is -0.140. The second kappa shape index (κ2) is 5.77. The number of rotatable bonds is 4. The number of thiazole rings is 1. The average Bonchev–Trinajstić information content (AvgIpc) is 3.07. The van der Waals surface area contributed by atoms with E-state index in [4.69, 9.17) is 0 Å². The van der Waals surface area contributed by atoms with Crippen LogP contribution in [0, 0.1) is 11.8 Å². The van der Waals surface area contributed by atoms with Gasteiger partial charge in [0.05, 0.1) is 11.8 Å². The predicted molar refractivity (Wildman–Crippen MR) is 77.4 cm³/mol. The van der Waals surface area contributed by atoms with Crippen LogP contribution in [0.1, 0.15) is 19.3 Å². The highest BCUT2D eigenvalue weighted by atomic mass is 32.1. The van der Waals surface area contributed by atoms with Gasteiger partial charge in [-0.15, -0.1) is 11.3 Å². The highest BCUT2D eigenvalue weighted by Crippen LogP contribution is 2.34. The van der Waals surface area contributed by atoms with Crippen LogP contribution in [0.2, 0.25) is 0 Å². The first-order valence-electron chi connectivity index (χ1n) is 6.86. The maximum atomic E-state index is 12.2. The van der Waals surface area contributed by atoms with Gasteiger partial charge in [0.2, 0.25) is 17.7 Å². The number of hydrogen-bond acceptors (Lipinski definition) is 5. The minimum absolute atomic E-state index is 0.101. The zero-order valence-electron chi connectivity index (χ0n) is 11.3. The molecule has 2 atom stereocenters. The highest BCUT2D eigenvalue weighted by molar-refractivity contribution is 7.13. The van der Waals surface area contributed by atoms with Gasteiger partial charge in [-0.3, -0.25) is 19.3 Å². The first-order chi connectivity index (χ1) is 10.2. The van der Waals surface area contributed by atoms with Crippen molar-refractivity contribution in [2.75, 3.05) is 11.9 Å². The summed E-state index contributed by atoms with van der Waals surface area (Å²) in [5.74, 6) is -0.986. The molecule has 0 saturated carbocycles. The van der Waals surface area contributed by atoms with Gasteiger partial charge in [-0.25, -0.2) is 4.98 Å². The summed E-state index contributed by atoms with van der Waals surface area (Å²) in [6, 6.07) is 0. The van der Waals surface area contributed by atoms with Gasteiger partial charge in [0.25, 0.3) is 0 Å². The van der Waals surface area contributed by atoms with Crippen LogP contribution in [-0.4, -0.2) is 34.2 Å². The molecule has 1 N–H and O–H groups in total. The molecule has 3 rings (SSSR count). The fraction of sp³-hybridized carbons (Fsp3) is 0.429. The van der Waals surface area contributed by atoms with Gasteiger partial charge in [0, 0.05) is 24.5 Å². The summed E-state index contributed by atoms with van der Waals surface area (Å²) in [7, 11) is 0. The number of fused-ring (bicyclic) bond motifs is 1. The number of hydrogen-bond donors (Lipinski definition) is 1. The summed E-state index contributed by atoms with van der Waals surface area (Å²) in [6.45, 7) is 0.141. The molecule has 1 aliphatic heterocycles. The summed E-state index contributed by atoms with van der Waals surface area (Å²) in [6.07, 6.45) is 6.85.